The van der Waals surface area contributed by atoms with E-state index in [9.17, 15) is 4.79 Å². The minimum atomic E-state index is 0.0358. The molecule has 1 aliphatic heterocycles. The second-order valence-corrected chi connectivity index (χ2v) is 3.23. The maximum absolute atomic E-state index is 10.9. The summed E-state index contributed by atoms with van der Waals surface area (Å²) in [7, 11) is 0. The molecule has 11 heavy (non-hydrogen) atoms. The quantitative estimate of drug-likeness (QED) is 0.706. The molecule has 1 aromatic heterocycles. The molecule has 1 aliphatic rings. The van der Waals surface area contributed by atoms with Crippen LogP contribution in [0.3, 0.4) is 0 Å². The second-order valence-electron chi connectivity index (χ2n) is 2.38. The SMILES string of the molecule is O=C1Cc2cncc(Br)c2N1. The van der Waals surface area contributed by atoms with Gasteiger partial charge in [-0.1, -0.05) is 0 Å². The first-order valence-electron chi connectivity index (χ1n) is 3.19. The zero-order valence-electron chi connectivity index (χ0n) is 5.60. The van der Waals surface area contributed by atoms with Crippen molar-refractivity contribution in [2.75, 3.05) is 5.32 Å². The van der Waals surface area contributed by atoms with Gasteiger partial charge in [0.25, 0.3) is 0 Å². The molecule has 0 saturated heterocycles. The van der Waals surface area contributed by atoms with E-state index in [-0.39, 0.29) is 5.91 Å². The Kier molecular flexibility index (Phi) is 1.42. The number of aromatic nitrogens is 1. The summed E-state index contributed by atoms with van der Waals surface area (Å²) in [5.41, 5.74) is 1.83. The molecule has 2 heterocycles. The van der Waals surface area contributed by atoms with Crippen LogP contribution in [0.4, 0.5) is 5.69 Å². The molecule has 1 amide bonds. The molecule has 0 radical (unpaired) electrons. The topological polar surface area (TPSA) is 42.0 Å². The van der Waals surface area contributed by atoms with Crippen molar-refractivity contribution in [2.45, 2.75) is 6.42 Å². The maximum atomic E-state index is 10.9. The lowest BCUT2D eigenvalue weighted by Crippen LogP contribution is -2.03. The van der Waals surface area contributed by atoms with E-state index in [1.807, 2.05) is 0 Å². The van der Waals surface area contributed by atoms with Crippen LogP contribution >= 0.6 is 15.9 Å². The molecular weight excluding hydrogens is 208 g/mol. The van der Waals surface area contributed by atoms with Gasteiger partial charge in [0.05, 0.1) is 16.6 Å². The van der Waals surface area contributed by atoms with E-state index in [0.717, 1.165) is 15.7 Å². The first-order chi connectivity index (χ1) is 5.27. The number of rotatable bonds is 0. The molecular formula is C7H5BrN2O. The second kappa shape index (κ2) is 2.30. The molecule has 0 aliphatic carbocycles. The zero-order valence-corrected chi connectivity index (χ0v) is 7.18. The average Bonchev–Trinajstić information content (AvgIpc) is 2.31. The Morgan fingerprint density at radius 1 is 1.55 bits per heavy atom. The van der Waals surface area contributed by atoms with Crippen LogP contribution in [0.1, 0.15) is 5.56 Å². The van der Waals surface area contributed by atoms with E-state index >= 15 is 0 Å². The Morgan fingerprint density at radius 3 is 3.09 bits per heavy atom. The highest BCUT2D eigenvalue weighted by molar-refractivity contribution is 9.10. The van der Waals surface area contributed by atoms with E-state index in [0.29, 0.717) is 6.42 Å². The molecule has 1 N–H and O–H groups in total. The van der Waals surface area contributed by atoms with Crippen LogP contribution in [-0.4, -0.2) is 10.9 Å². The van der Waals surface area contributed by atoms with E-state index in [1.165, 1.54) is 0 Å². The number of nitrogens with zero attached hydrogens (tertiary/aromatic N) is 1. The van der Waals surface area contributed by atoms with Crippen molar-refractivity contribution in [3.8, 4) is 0 Å². The standard InChI is InChI=1S/C7H5BrN2O/c8-5-3-9-2-4-1-6(11)10-7(4)5/h2-3H,1H2,(H,10,11). The van der Waals surface area contributed by atoms with Crippen LogP contribution in [0.2, 0.25) is 0 Å². The fraction of sp³-hybridized carbons (Fsp3) is 0.143. The number of halogens is 1. The van der Waals surface area contributed by atoms with Crippen LogP contribution in [0.25, 0.3) is 0 Å². The van der Waals surface area contributed by atoms with Crippen LogP contribution in [0, 0.1) is 0 Å². The molecule has 2 rings (SSSR count). The third-order valence-electron chi connectivity index (χ3n) is 1.59. The summed E-state index contributed by atoms with van der Waals surface area (Å²) in [5.74, 6) is 0.0358. The summed E-state index contributed by atoms with van der Waals surface area (Å²) in [4.78, 5) is 14.8. The first kappa shape index (κ1) is 6.79. The van der Waals surface area contributed by atoms with E-state index in [2.05, 4.69) is 26.2 Å². The minimum Gasteiger partial charge on any atom is -0.324 e. The van der Waals surface area contributed by atoms with Gasteiger partial charge in [-0.2, -0.15) is 0 Å². The van der Waals surface area contributed by atoms with Gasteiger partial charge in [-0.15, -0.1) is 0 Å². The molecule has 4 heteroatoms. The molecule has 0 fully saturated rings. The Balaban J connectivity index is 2.57. The molecule has 56 valence electrons. The van der Waals surface area contributed by atoms with E-state index < -0.39 is 0 Å². The summed E-state index contributed by atoms with van der Waals surface area (Å²) < 4.78 is 0.848. The summed E-state index contributed by atoms with van der Waals surface area (Å²) >= 11 is 3.30. The predicted molar refractivity (Wildman–Crippen MR) is 44.3 cm³/mol. The van der Waals surface area contributed by atoms with Crippen molar-refractivity contribution in [3.05, 3.63) is 22.4 Å². The maximum Gasteiger partial charge on any atom is 0.228 e. The van der Waals surface area contributed by atoms with Gasteiger partial charge in [0, 0.05) is 18.0 Å². The molecule has 0 saturated carbocycles. The molecule has 0 atom stereocenters. The summed E-state index contributed by atoms with van der Waals surface area (Å²) in [6, 6.07) is 0. The van der Waals surface area contributed by atoms with Crippen molar-refractivity contribution in [2.24, 2.45) is 0 Å². The van der Waals surface area contributed by atoms with Gasteiger partial charge in [-0.25, -0.2) is 0 Å². The Labute approximate surface area is 72.0 Å². The van der Waals surface area contributed by atoms with Gasteiger partial charge in [-0.3, -0.25) is 9.78 Å². The van der Waals surface area contributed by atoms with Crippen LogP contribution < -0.4 is 5.32 Å². The van der Waals surface area contributed by atoms with Gasteiger partial charge in [-0.05, 0) is 15.9 Å². The molecule has 0 aromatic carbocycles. The Morgan fingerprint density at radius 2 is 2.36 bits per heavy atom. The largest absolute Gasteiger partial charge is 0.324 e. The van der Waals surface area contributed by atoms with Crippen molar-refractivity contribution >= 4 is 27.5 Å². The van der Waals surface area contributed by atoms with E-state index in [4.69, 9.17) is 0 Å². The number of amides is 1. The van der Waals surface area contributed by atoms with Crippen molar-refractivity contribution < 1.29 is 4.79 Å². The summed E-state index contributed by atoms with van der Waals surface area (Å²) in [5, 5.41) is 2.74. The van der Waals surface area contributed by atoms with Crippen molar-refractivity contribution in [1.29, 1.82) is 0 Å². The smallest absolute Gasteiger partial charge is 0.228 e. The number of carbonyl (C=O) groups excluding carboxylic acids is 1. The fourth-order valence-corrected chi connectivity index (χ4v) is 1.58. The molecule has 0 spiro atoms. The van der Waals surface area contributed by atoms with Crippen LogP contribution in [-0.2, 0) is 11.2 Å². The van der Waals surface area contributed by atoms with Crippen LogP contribution in [0.5, 0.6) is 0 Å². The lowest BCUT2D eigenvalue weighted by Gasteiger charge is -1.98. The number of nitrogens with one attached hydrogen (secondary N) is 1. The first-order valence-corrected chi connectivity index (χ1v) is 3.99. The Bertz CT molecular complexity index is 324. The summed E-state index contributed by atoms with van der Waals surface area (Å²) in [6.45, 7) is 0. The highest BCUT2D eigenvalue weighted by Gasteiger charge is 2.19. The van der Waals surface area contributed by atoms with Gasteiger partial charge >= 0.3 is 0 Å². The predicted octanol–water partition coefficient (Wildman–Crippen LogP) is 1.34. The van der Waals surface area contributed by atoms with Crippen molar-refractivity contribution in [1.82, 2.24) is 4.98 Å². The van der Waals surface area contributed by atoms with Gasteiger partial charge < -0.3 is 5.32 Å². The normalized spacial score (nSPS) is 14.5. The third-order valence-corrected chi connectivity index (χ3v) is 2.19. The number of pyridine rings is 1. The van der Waals surface area contributed by atoms with Crippen LogP contribution in [0.15, 0.2) is 16.9 Å². The molecule has 1 aromatic rings. The highest BCUT2D eigenvalue weighted by atomic mass is 79.9. The minimum absolute atomic E-state index is 0.0358. The third kappa shape index (κ3) is 1.03. The molecule has 0 bridgehead atoms. The number of hydrogen-bond acceptors (Lipinski definition) is 2. The Hall–Kier alpha value is -0.900. The number of fused-ring (bicyclic) bond motifs is 1. The van der Waals surface area contributed by atoms with Gasteiger partial charge in [0.1, 0.15) is 0 Å². The van der Waals surface area contributed by atoms with E-state index in [1.54, 1.807) is 12.4 Å². The number of hydrogen-bond donors (Lipinski definition) is 1. The number of carbonyl (C=O) groups is 1. The van der Waals surface area contributed by atoms with Gasteiger partial charge in [0.15, 0.2) is 0 Å². The zero-order chi connectivity index (χ0) is 7.84. The lowest BCUT2D eigenvalue weighted by molar-refractivity contribution is -0.115. The average molecular weight is 213 g/mol. The highest BCUT2D eigenvalue weighted by Crippen LogP contribution is 2.29. The molecule has 0 unspecified atom stereocenters. The number of anilines is 1. The monoisotopic (exact) mass is 212 g/mol. The van der Waals surface area contributed by atoms with Crippen molar-refractivity contribution in [3.63, 3.8) is 0 Å². The van der Waals surface area contributed by atoms with Gasteiger partial charge in [0.2, 0.25) is 5.91 Å². The molecule has 3 nitrogen and oxygen atoms in total. The fourth-order valence-electron chi connectivity index (χ4n) is 1.11. The lowest BCUT2D eigenvalue weighted by atomic mass is 10.2. The summed E-state index contributed by atoms with van der Waals surface area (Å²) in [6.07, 6.45) is 3.82.